The number of rotatable bonds is 13. The van der Waals surface area contributed by atoms with Crippen LogP contribution in [0, 0.1) is 0 Å². The molecule has 130 valence electrons. The van der Waals surface area contributed by atoms with E-state index >= 15 is 0 Å². The van der Waals surface area contributed by atoms with E-state index in [0.29, 0.717) is 0 Å². The fourth-order valence-corrected chi connectivity index (χ4v) is 2.89. The van der Waals surface area contributed by atoms with Gasteiger partial charge in [-0.1, -0.05) is 75.8 Å². The van der Waals surface area contributed by atoms with Crippen molar-refractivity contribution in [3.05, 3.63) is 35.9 Å². The summed E-state index contributed by atoms with van der Waals surface area (Å²) < 4.78 is 4.96. The molecule has 0 bridgehead atoms. The Morgan fingerprint density at radius 3 is 2.22 bits per heavy atom. The van der Waals surface area contributed by atoms with Gasteiger partial charge in [0, 0.05) is 0 Å². The van der Waals surface area contributed by atoms with Crippen LogP contribution < -0.4 is 0 Å². The van der Waals surface area contributed by atoms with Gasteiger partial charge in [-0.3, -0.25) is 0 Å². The summed E-state index contributed by atoms with van der Waals surface area (Å²) in [5, 5.41) is 8.75. The summed E-state index contributed by atoms with van der Waals surface area (Å²) >= 11 is 0. The Balaban J connectivity index is 1.99. The number of carbonyl (C=O) groups is 1. The third-order valence-electron chi connectivity index (χ3n) is 4.23. The first-order chi connectivity index (χ1) is 11.2. The van der Waals surface area contributed by atoms with Crippen LogP contribution in [0.25, 0.3) is 0 Å². The number of aryl methyl sites for hydroxylation is 1. The molecule has 0 aliphatic carbocycles. The van der Waals surface area contributed by atoms with Crippen LogP contribution in [-0.2, 0) is 11.2 Å². The number of carboxylic acid groups (broad SMARTS) is 1. The summed E-state index contributed by atoms with van der Waals surface area (Å²) in [5.41, 5.74) is 1.43. The van der Waals surface area contributed by atoms with Gasteiger partial charge < -0.3 is 9.84 Å². The minimum atomic E-state index is -1.13. The lowest BCUT2D eigenvalue weighted by molar-refractivity contribution is 0.0424. The molecule has 0 spiro atoms. The molecule has 0 heterocycles. The van der Waals surface area contributed by atoms with E-state index in [1.165, 1.54) is 44.1 Å². The molecule has 3 heteroatoms. The summed E-state index contributed by atoms with van der Waals surface area (Å²) in [7, 11) is 0. The van der Waals surface area contributed by atoms with Crippen molar-refractivity contribution < 1.29 is 14.6 Å². The van der Waals surface area contributed by atoms with E-state index in [2.05, 4.69) is 37.3 Å². The van der Waals surface area contributed by atoms with Gasteiger partial charge in [-0.2, -0.15) is 0 Å². The summed E-state index contributed by atoms with van der Waals surface area (Å²) in [6.45, 7) is 2.12. The summed E-state index contributed by atoms with van der Waals surface area (Å²) in [6.07, 6.45) is 11.1. The second-order valence-corrected chi connectivity index (χ2v) is 6.29. The summed E-state index contributed by atoms with van der Waals surface area (Å²) in [6, 6.07) is 10.6. The zero-order chi connectivity index (χ0) is 16.8. The van der Waals surface area contributed by atoms with Crippen molar-refractivity contribution in [2.24, 2.45) is 0 Å². The molecular weight excluding hydrogens is 288 g/mol. The molecule has 3 nitrogen and oxygen atoms in total. The van der Waals surface area contributed by atoms with E-state index in [1.54, 1.807) is 0 Å². The van der Waals surface area contributed by atoms with Gasteiger partial charge in [-0.15, -0.1) is 0 Å². The highest BCUT2D eigenvalue weighted by Crippen LogP contribution is 2.15. The van der Waals surface area contributed by atoms with Crippen molar-refractivity contribution >= 4 is 6.16 Å². The topological polar surface area (TPSA) is 46.5 Å². The van der Waals surface area contributed by atoms with Crippen molar-refractivity contribution in [3.8, 4) is 0 Å². The Labute approximate surface area is 141 Å². The highest BCUT2D eigenvalue weighted by molar-refractivity contribution is 5.57. The van der Waals surface area contributed by atoms with E-state index < -0.39 is 6.16 Å². The molecule has 0 saturated carbocycles. The standard InChI is InChI=1S/C20H32O3/c1-2-3-16-19(23-20(21)22)17-12-7-5-4-6-9-13-18-14-10-8-11-15-18/h8,10-11,14-15,19H,2-7,9,12-13,16-17H2,1H3,(H,21,22). The second kappa shape index (κ2) is 13.0. The molecular formula is C20H32O3. The highest BCUT2D eigenvalue weighted by atomic mass is 16.7. The lowest BCUT2D eigenvalue weighted by Crippen LogP contribution is -2.16. The zero-order valence-electron chi connectivity index (χ0n) is 14.5. The molecule has 0 radical (unpaired) electrons. The SMILES string of the molecule is CCCCC(CCCCCCCCc1ccccc1)OC(=O)O. The second-order valence-electron chi connectivity index (χ2n) is 6.29. The molecule has 0 fully saturated rings. The van der Waals surface area contributed by atoms with Gasteiger partial charge >= 0.3 is 6.16 Å². The minimum Gasteiger partial charge on any atom is -0.450 e. The molecule has 1 rings (SSSR count). The number of ether oxygens (including phenoxy) is 1. The Kier molecular flexibility index (Phi) is 11.0. The zero-order valence-corrected chi connectivity index (χ0v) is 14.5. The predicted molar refractivity (Wildman–Crippen MR) is 94.9 cm³/mol. The van der Waals surface area contributed by atoms with E-state index in [4.69, 9.17) is 9.84 Å². The first-order valence-corrected chi connectivity index (χ1v) is 9.16. The fourth-order valence-electron chi connectivity index (χ4n) is 2.89. The van der Waals surface area contributed by atoms with E-state index in [9.17, 15) is 4.79 Å². The quantitative estimate of drug-likeness (QED) is 0.347. The molecule has 1 aromatic carbocycles. The van der Waals surface area contributed by atoms with Gasteiger partial charge in [0.2, 0.25) is 0 Å². The molecule has 0 aromatic heterocycles. The maximum absolute atomic E-state index is 10.7. The number of hydrogen-bond donors (Lipinski definition) is 1. The van der Waals surface area contributed by atoms with E-state index in [1.807, 2.05) is 0 Å². The monoisotopic (exact) mass is 320 g/mol. The van der Waals surface area contributed by atoms with Crippen LogP contribution in [0.15, 0.2) is 30.3 Å². The molecule has 0 aliphatic rings. The van der Waals surface area contributed by atoms with Crippen molar-refractivity contribution in [3.63, 3.8) is 0 Å². The Morgan fingerprint density at radius 1 is 0.957 bits per heavy atom. The maximum Gasteiger partial charge on any atom is 0.506 e. The minimum absolute atomic E-state index is 0.106. The smallest absolute Gasteiger partial charge is 0.450 e. The Hall–Kier alpha value is -1.51. The summed E-state index contributed by atoms with van der Waals surface area (Å²) in [4.78, 5) is 10.7. The molecule has 1 unspecified atom stereocenters. The highest BCUT2D eigenvalue weighted by Gasteiger charge is 2.12. The average molecular weight is 320 g/mol. The van der Waals surface area contributed by atoms with Gasteiger partial charge in [0.05, 0.1) is 0 Å². The summed E-state index contributed by atoms with van der Waals surface area (Å²) in [5.74, 6) is 0. The van der Waals surface area contributed by atoms with Crippen molar-refractivity contribution in [2.45, 2.75) is 83.7 Å². The van der Waals surface area contributed by atoms with Gasteiger partial charge in [0.25, 0.3) is 0 Å². The Bertz CT molecular complexity index is 403. The van der Waals surface area contributed by atoms with Crippen molar-refractivity contribution in [1.29, 1.82) is 0 Å². The average Bonchev–Trinajstić information content (AvgIpc) is 2.55. The largest absolute Gasteiger partial charge is 0.506 e. The van der Waals surface area contributed by atoms with Crippen LogP contribution >= 0.6 is 0 Å². The van der Waals surface area contributed by atoms with Crippen LogP contribution in [0.5, 0.6) is 0 Å². The van der Waals surface area contributed by atoms with Gasteiger partial charge in [-0.25, -0.2) is 4.79 Å². The molecule has 0 aliphatic heterocycles. The third kappa shape index (κ3) is 10.8. The lowest BCUT2D eigenvalue weighted by Gasteiger charge is -2.15. The van der Waals surface area contributed by atoms with E-state index in [0.717, 1.165) is 32.1 Å². The van der Waals surface area contributed by atoms with Gasteiger partial charge in [0.1, 0.15) is 6.10 Å². The van der Waals surface area contributed by atoms with Gasteiger partial charge in [-0.05, 0) is 37.7 Å². The first-order valence-electron chi connectivity index (χ1n) is 9.16. The van der Waals surface area contributed by atoms with Crippen molar-refractivity contribution in [1.82, 2.24) is 0 Å². The van der Waals surface area contributed by atoms with Crippen LogP contribution in [0.1, 0.15) is 76.7 Å². The molecule has 0 saturated heterocycles. The van der Waals surface area contributed by atoms with Crippen LogP contribution in [0.3, 0.4) is 0 Å². The molecule has 23 heavy (non-hydrogen) atoms. The third-order valence-corrected chi connectivity index (χ3v) is 4.23. The molecule has 1 N–H and O–H groups in total. The molecule has 0 amide bonds. The number of benzene rings is 1. The van der Waals surface area contributed by atoms with E-state index in [-0.39, 0.29) is 6.10 Å². The van der Waals surface area contributed by atoms with Crippen LogP contribution in [0.2, 0.25) is 0 Å². The maximum atomic E-state index is 10.7. The molecule has 1 aromatic rings. The number of unbranched alkanes of at least 4 members (excludes halogenated alkanes) is 6. The normalized spacial score (nSPS) is 12.0. The lowest BCUT2D eigenvalue weighted by atomic mass is 10.0. The van der Waals surface area contributed by atoms with Gasteiger partial charge in [0.15, 0.2) is 0 Å². The fraction of sp³-hybridized carbons (Fsp3) is 0.650. The number of hydrogen-bond acceptors (Lipinski definition) is 2. The van der Waals surface area contributed by atoms with Crippen LogP contribution in [0.4, 0.5) is 4.79 Å². The van der Waals surface area contributed by atoms with Crippen molar-refractivity contribution in [2.75, 3.05) is 0 Å². The Morgan fingerprint density at radius 2 is 1.57 bits per heavy atom. The predicted octanol–water partition coefficient (Wildman–Crippen LogP) is 6.21. The van der Waals surface area contributed by atoms with Crippen LogP contribution in [-0.4, -0.2) is 17.4 Å². The molecule has 1 atom stereocenters. The first kappa shape index (κ1) is 19.5.